The van der Waals surface area contributed by atoms with Crippen molar-refractivity contribution in [2.24, 2.45) is 27.2 Å². The van der Waals surface area contributed by atoms with Crippen LogP contribution < -0.4 is 17.2 Å². The van der Waals surface area contributed by atoms with Gasteiger partial charge in [0.1, 0.15) is 0 Å². The Morgan fingerprint density at radius 2 is 2.06 bits per heavy atom. The number of fused-ring (bicyclic) bond motifs is 1. The molecule has 0 saturated heterocycles. The van der Waals surface area contributed by atoms with Crippen molar-refractivity contribution in [3.63, 3.8) is 0 Å². The van der Waals surface area contributed by atoms with E-state index in [1.165, 1.54) is 0 Å². The van der Waals surface area contributed by atoms with Crippen molar-refractivity contribution in [2.45, 2.75) is 6.54 Å². The predicted molar refractivity (Wildman–Crippen MR) is 69.3 cm³/mol. The van der Waals surface area contributed by atoms with E-state index in [0.29, 0.717) is 17.8 Å². The molecule has 1 heterocycles. The zero-order valence-electron chi connectivity index (χ0n) is 9.92. The second-order valence-corrected chi connectivity index (χ2v) is 3.97. The topological polar surface area (TPSA) is 123 Å². The van der Waals surface area contributed by atoms with E-state index >= 15 is 0 Å². The monoisotopic (exact) mass is 246 g/mol. The molecule has 7 heteroatoms. The first kappa shape index (κ1) is 11.9. The zero-order valence-corrected chi connectivity index (χ0v) is 9.92. The number of guanidine groups is 2. The van der Waals surface area contributed by atoms with Gasteiger partial charge in [-0.15, -0.1) is 0 Å². The molecule has 0 spiro atoms. The number of aliphatic imine (C=N–C) groups is 2. The second-order valence-electron chi connectivity index (χ2n) is 3.97. The Labute approximate surface area is 104 Å². The Bertz CT molecular complexity index is 559. The lowest BCUT2D eigenvalue weighted by molar-refractivity contribution is 0.0816. The van der Waals surface area contributed by atoms with Gasteiger partial charge in [0, 0.05) is 24.7 Å². The normalized spacial score (nSPS) is 14.6. The first-order chi connectivity index (χ1) is 8.49. The fourth-order valence-electron chi connectivity index (χ4n) is 1.84. The number of hydrogen-bond donors (Lipinski definition) is 3. The van der Waals surface area contributed by atoms with Gasteiger partial charge in [-0.25, -0.2) is 4.99 Å². The van der Waals surface area contributed by atoms with E-state index in [1.807, 2.05) is 0 Å². The van der Waals surface area contributed by atoms with Crippen molar-refractivity contribution in [2.75, 3.05) is 7.05 Å². The molecule has 1 aromatic rings. The standard InChI is InChI=1S/C11H14N6O/c1-17-5-7-6(9(17)18)3-2-4-8(7)15-11(14)16-10(12)13/h2-4H,5H2,1H3,(H6,12,13,14,15,16). The van der Waals surface area contributed by atoms with E-state index in [1.54, 1.807) is 30.1 Å². The summed E-state index contributed by atoms with van der Waals surface area (Å²) >= 11 is 0. The molecule has 0 atom stereocenters. The first-order valence-electron chi connectivity index (χ1n) is 5.30. The van der Waals surface area contributed by atoms with Gasteiger partial charge < -0.3 is 22.1 Å². The van der Waals surface area contributed by atoms with Crippen molar-refractivity contribution in [1.29, 1.82) is 0 Å². The fourth-order valence-corrected chi connectivity index (χ4v) is 1.84. The van der Waals surface area contributed by atoms with Gasteiger partial charge in [0.15, 0.2) is 5.96 Å². The summed E-state index contributed by atoms with van der Waals surface area (Å²) in [5.41, 5.74) is 18.1. The predicted octanol–water partition coefficient (Wildman–Crippen LogP) is -0.508. The van der Waals surface area contributed by atoms with Crippen LogP contribution in [0.1, 0.15) is 15.9 Å². The number of carbonyl (C=O) groups excluding carboxylic acids is 1. The van der Waals surface area contributed by atoms with Gasteiger partial charge in [-0.2, -0.15) is 4.99 Å². The lowest BCUT2D eigenvalue weighted by atomic mass is 10.1. The van der Waals surface area contributed by atoms with Crippen LogP contribution in [0.5, 0.6) is 0 Å². The van der Waals surface area contributed by atoms with E-state index in [9.17, 15) is 4.79 Å². The molecule has 0 saturated carbocycles. The molecule has 1 aromatic carbocycles. The van der Waals surface area contributed by atoms with Crippen molar-refractivity contribution >= 4 is 23.5 Å². The third-order valence-corrected chi connectivity index (χ3v) is 2.60. The van der Waals surface area contributed by atoms with Crippen LogP contribution in [-0.2, 0) is 6.54 Å². The molecule has 0 radical (unpaired) electrons. The van der Waals surface area contributed by atoms with Crippen LogP contribution in [0.4, 0.5) is 5.69 Å². The number of nitrogens with zero attached hydrogens (tertiary/aromatic N) is 3. The fraction of sp³-hybridized carbons (Fsp3) is 0.182. The Balaban J connectivity index is 2.44. The molecule has 94 valence electrons. The van der Waals surface area contributed by atoms with Crippen molar-refractivity contribution in [3.05, 3.63) is 29.3 Å². The smallest absolute Gasteiger partial charge is 0.254 e. The van der Waals surface area contributed by atoms with Crippen LogP contribution in [0.15, 0.2) is 28.2 Å². The SMILES string of the molecule is CN1Cc2c(N=C(N)N=C(N)N)cccc2C1=O. The third kappa shape index (κ3) is 2.10. The Hall–Kier alpha value is -2.57. The van der Waals surface area contributed by atoms with E-state index < -0.39 is 0 Å². The second kappa shape index (κ2) is 4.36. The van der Waals surface area contributed by atoms with Gasteiger partial charge >= 0.3 is 0 Å². The van der Waals surface area contributed by atoms with Gasteiger partial charge in [-0.05, 0) is 12.1 Å². The highest BCUT2D eigenvalue weighted by Crippen LogP contribution is 2.30. The van der Waals surface area contributed by atoms with Crippen molar-refractivity contribution < 1.29 is 4.79 Å². The van der Waals surface area contributed by atoms with Gasteiger partial charge in [0.2, 0.25) is 5.96 Å². The molecule has 1 aliphatic heterocycles. The van der Waals surface area contributed by atoms with E-state index in [2.05, 4.69) is 9.98 Å². The maximum absolute atomic E-state index is 11.8. The van der Waals surface area contributed by atoms with Crippen LogP contribution in [0.2, 0.25) is 0 Å². The minimum absolute atomic E-state index is 0.0255. The summed E-state index contributed by atoms with van der Waals surface area (Å²) in [6.07, 6.45) is 0. The average molecular weight is 246 g/mol. The lowest BCUT2D eigenvalue weighted by Gasteiger charge is -2.05. The molecule has 0 unspecified atom stereocenters. The van der Waals surface area contributed by atoms with Gasteiger partial charge in [0.05, 0.1) is 5.69 Å². The summed E-state index contributed by atoms with van der Waals surface area (Å²) in [4.78, 5) is 21.1. The maximum atomic E-state index is 11.8. The van der Waals surface area contributed by atoms with Crippen LogP contribution >= 0.6 is 0 Å². The highest BCUT2D eigenvalue weighted by atomic mass is 16.2. The summed E-state index contributed by atoms with van der Waals surface area (Å²) < 4.78 is 0. The Kier molecular flexibility index (Phi) is 2.88. The number of hydrogen-bond acceptors (Lipinski definition) is 2. The Morgan fingerprint density at radius 1 is 1.33 bits per heavy atom. The summed E-state index contributed by atoms with van der Waals surface area (Å²) in [6.45, 7) is 0.503. The van der Waals surface area contributed by atoms with E-state index in [-0.39, 0.29) is 17.8 Å². The molecule has 0 fully saturated rings. The highest BCUT2D eigenvalue weighted by Gasteiger charge is 2.26. The number of amides is 1. The first-order valence-corrected chi connectivity index (χ1v) is 5.30. The summed E-state index contributed by atoms with van der Waals surface area (Å²) in [7, 11) is 1.73. The number of nitrogens with two attached hydrogens (primary N) is 3. The molecule has 2 rings (SSSR count). The average Bonchev–Trinajstić information content (AvgIpc) is 2.56. The molecule has 1 amide bonds. The minimum atomic E-state index is -0.156. The molecular formula is C11H14N6O. The van der Waals surface area contributed by atoms with Crippen LogP contribution in [0.25, 0.3) is 0 Å². The molecule has 7 nitrogen and oxygen atoms in total. The van der Waals surface area contributed by atoms with Gasteiger partial charge in [-0.1, -0.05) is 6.07 Å². The summed E-state index contributed by atoms with van der Waals surface area (Å²) in [6, 6.07) is 5.27. The molecule has 0 aliphatic carbocycles. The van der Waals surface area contributed by atoms with E-state index in [4.69, 9.17) is 17.2 Å². The Morgan fingerprint density at radius 3 is 2.72 bits per heavy atom. The summed E-state index contributed by atoms with van der Waals surface area (Å²) in [5, 5.41) is 0. The van der Waals surface area contributed by atoms with Crippen molar-refractivity contribution in [3.8, 4) is 0 Å². The molecule has 1 aliphatic rings. The van der Waals surface area contributed by atoms with Gasteiger partial charge in [0.25, 0.3) is 5.91 Å². The lowest BCUT2D eigenvalue weighted by Crippen LogP contribution is -2.26. The third-order valence-electron chi connectivity index (χ3n) is 2.60. The van der Waals surface area contributed by atoms with E-state index in [0.717, 1.165) is 5.56 Å². The number of rotatable bonds is 1. The van der Waals surface area contributed by atoms with Crippen LogP contribution in [0.3, 0.4) is 0 Å². The summed E-state index contributed by atoms with van der Waals surface area (Å²) in [5.74, 6) is -0.218. The largest absolute Gasteiger partial charge is 0.370 e. The van der Waals surface area contributed by atoms with Crippen LogP contribution in [-0.4, -0.2) is 29.8 Å². The zero-order chi connectivity index (χ0) is 13.3. The van der Waals surface area contributed by atoms with Crippen molar-refractivity contribution in [1.82, 2.24) is 4.90 Å². The van der Waals surface area contributed by atoms with Crippen LogP contribution in [0, 0.1) is 0 Å². The quantitative estimate of drug-likeness (QED) is 0.456. The molecule has 6 N–H and O–H groups in total. The molecule has 0 bridgehead atoms. The highest BCUT2D eigenvalue weighted by molar-refractivity contribution is 6.00. The number of benzene rings is 1. The molecule has 0 aromatic heterocycles. The van der Waals surface area contributed by atoms with Gasteiger partial charge in [-0.3, -0.25) is 4.79 Å². The number of carbonyl (C=O) groups is 1. The minimum Gasteiger partial charge on any atom is -0.370 e. The molecular weight excluding hydrogens is 232 g/mol. The molecule has 18 heavy (non-hydrogen) atoms. The maximum Gasteiger partial charge on any atom is 0.254 e.